The normalized spacial score (nSPS) is 18.8. The number of aliphatic hydroxyl groups is 1. The van der Waals surface area contributed by atoms with Gasteiger partial charge in [-0.1, -0.05) is 32.9 Å². The highest BCUT2D eigenvalue weighted by Gasteiger charge is 2.44. The van der Waals surface area contributed by atoms with Gasteiger partial charge in [0.1, 0.15) is 12.1 Å². The molecule has 0 spiro atoms. The highest BCUT2D eigenvalue weighted by Crippen LogP contribution is 2.29. The molecule has 1 aliphatic rings. The maximum Gasteiger partial charge on any atom is 0.261 e. The SMILES string of the molecule is CCN(NC(=O)[C@@H]1C[C@@H](O)CN1C(=O)[C@@H](NC(C)=O)C(C)(C)C)c1ccc(-c2scnc2C)cc1. The van der Waals surface area contributed by atoms with Crippen LogP contribution in [0.15, 0.2) is 29.8 Å². The first-order valence-electron chi connectivity index (χ1n) is 11.8. The fourth-order valence-electron chi connectivity index (χ4n) is 4.23. The van der Waals surface area contributed by atoms with Crippen molar-refractivity contribution in [1.82, 2.24) is 20.6 Å². The van der Waals surface area contributed by atoms with Crippen LogP contribution < -0.4 is 15.8 Å². The Hall–Kier alpha value is -2.98. The molecule has 0 unspecified atom stereocenters. The maximum absolute atomic E-state index is 13.4. The van der Waals surface area contributed by atoms with Gasteiger partial charge in [-0.3, -0.25) is 24.8 Å². The Kier molecular flexibility index (Phi) is 8.17. The minimum Gasteiger partial charge on any atom is -0.391 e. The molecule has 0 radical (unpaired) electrons. The molecule has 35 heavy (non-hydrogen) atoms. The van der Waals surface area contributed by atoms with Gasteiger partial charge in [0.05, 0.1) is 27.9 Å². The number of nitrogens with one attached hydrogen (secondary N) is 2. The number of likely N-dealkylation sites (tertiary alicyclic amines) is 1. The van der Waals surface area contributed by atoms with Crippen LogP contribution >= 0.6 is 11.3 Å². The summed E-state index contributed by atoms with van der Waals surface area (Å²) in [6.45, 7) is 11.3. The minimum atomic E-state index is -0.843. The van der Waals surface area contributed by atoms with Crippen LogP contribution in [0.25, 0.3) is 10.4 Å². The summed E-state index contributed by atoms with van der Waals surface area (Å²) in [5.41, 5.74) is 6.98. The molecule has 1 aromatic carbocycles. The summed E-state index contributed by atoms with van der Waals surface area (Å²) in [4.78, 5) is 45.2. The Morgan fingerprint density at radius 3 is 2.43 bits per heavy atom. The van der Waals surface area contributed by atoms with Crippen molar-refractivity contribution >= 4 is 34.7 Å². The van der Waals surface area contributed by atoms with Crippen molar-refractivity contribution in [3.8, 4) is 10.4 Å². The third kappa shape index (κ3) is 6.18. The standard InChI is InChI=1S/C25H35N5O4S/c1-7-30(18-10-8-17(9-11-18)21-15(2)26-14-35-21)28-23(33)20-12-19(32)13-29(20)24(34)22(25(4,5)6)27-16(3)31/h8-11,14,19-20,22,32H,7,12-13H2,1-6H3,(H,27,31)(H,28,33)/t19-,20+,22-/m1/s1. The van der Waals surface area contributed by atoms with Crippen molar-refractivity contribution in [2.75, 3.05) is 18.1 Å². The molecule has 1 aromatic heterocycles. The van der Waals surface area contributed by atoms with Crippen LogP contribution in [0.4, 0.5) is 5.69 Å². The molecule has 2 heterocycles. The van der Waals surface area contributed by atoms with Crippen LogP contribution in [0.5, 0.6) is 0 Å². The van der Waals surface area contributed by atoms with E-state index in [4.69, 9.17) is 0 Å². The highest BCUT2D eigenvalue weighted by atomic mass is 32.1. The van der Waals surface area contributed by atoms with Gasteiger partial charge in [-0.2, -0.15) is 0 Å². The molecule has 3 atom stereocenters. The van der Waals surface area contributed by atoms with Crippen LogP contribution in [0.3, 0.4) is 0 Å². The molecule has 0 aliphatic carbocycles. The number of thiazole rings is 1. The third-order valence-corrected chi connectivity index (χ3v) is 7.05. The van der Waals surface area contributed by atoms with E-state index in [0.717, 1.165) is 21.8 Å². The molecule has 0 bridgehead atoms. The van der Waals surface area contributed by atoms with E-state index in [1.807, 2.05) is 64.4 Å². The lowest BCUT2D eigenvalue weighted by molar-refractivity contribution is -0.143. The number of rotatable bonds is 7. The monoisotopic (exact) mass is 501 g/mol. The van der Waals surface area contributed by atoms with Gasteiger partial charge < -0.3 is 15.3 Å². The number of carbonyl (C=O) groups excluding carboxylic acids is 3. The second-order valence-corrected chi connectivity index (χ2v) is 10.8. The fraction of sp³-hybridized carbons (Fsp3) is 0.520. The van der Waals surface area contributed by atoms with Gasteiger partial charge in [-0.25, -0.2) is 4.98 Å². The molecule has 3 amide bonds. The first kappa shape index (κ1) is 26.6. The van der Waals surface area contributed by atoms with E-state index < -0.39 is 23.6 Å². The van der Waals surface area contributed by atoms with Gasteiger partial charge in [0, 0.05) is 26.4 Å². The highest BCUT2D eigenvalue weighted by molar-refractivity contribution is 7.13. The van der Waals surface area contributed by atoms with Crippen LogP contribution in [0, 0.1) is 12.3 Å². The van der Waals surface area contributed by atoms with Crippen molar-refractivity contribution < 1.29 is 19.5 Å². The molecule has 1 aliphatic heterocycles. The lowest BCUT2D eigenvalue weighted by Crippen LogP contribution is -2.58. The largest absolute Gasteiger partial charge is 0.391 e. The molecule has 1 fully saturated rings. The number of aromatic nitrogens is 1. The van der Waals surface area contributed by atoms with E-state index in [0.29, 0.717) is 6.54 Å². The van der Waals surface area contributed by atoms with E-state index in [-0.39, 0.29) is 30.7 Å². The number of hydrogen-bond acceptors (Lipinski definition) is 7. The molecular formula is C25H35N5O4S. The molecular weight excluding hydrogens is 466 g/mol. The number of anilines is 1. The van der Waals surface area contributed by atoms with Gasteiger partial charge in [-0.05, 0) is 37.0 Å². The quantitative estimate of drug-likeness (QED) is 0.502. The number of aliphatic hydroxyl groups excluding tert-OH is 1. The minimum absolute atomic E-state index is 0.0398. The van der Waals surface area contributed by atoms with E-state index in [9.17, 15) is 19.5 Å². The van der Waals surface area contributed by atoms with E-state index in [1.54, 1.807) is 16.3 Å². The Balaban J connectivity index is 1.76. The number of benzene rings is 1. The summed E-state index contributed by atoms with van der Waals surface area (Å²) in [6.07, 6.45) is -0.681. The summed E-state index contributed by atoms with van der Waals surface area (Å²) >= 11 is 1.58. The van der Waals surface area contributed by atoms with Crippen molar-refractivity contribution in [1.29, 1.82) is 0 Å². The lowest BCUT2D eigenvalue weighted by Gasteiger charge is -2.35. The van der Waals surface area contributed by atoms with Gasteiger partial charge in [0.2, 0.25) is 11.8 Å². The number of β-amino-alcohol motifs (C(OH)–C–C–N with tert-alkyl or cyclic N) is 1. The molecule has 3 rings (SSSR count). The average Bonchev–Trinajstić information content (AvgIpc) is 3.40. The number of nitrogens with zero attached hydrogens (tertiary/aromatic N) is 3. The predicted molar refractivity (Wildman–Crippen MR) is 137 cm³/mol. The van der Waals surface area contributed by atoms with Gasteiger partial charge >= 0.3 is 0 Å². The van der Waals surface area contributed by atoms with Crippen molar-refractivity contribution in [3.63, 3.8) is 0 Å². The smallest absolute Gasteiger partial charge is 0.261 e. The Morgan fingerprint density at radius 2 is 1.91 bits per heavy atom. The topological polar surface area (TPSA) is 115 Å². The molecule has 0 saturated carbocycles. The third-order valence-electron chi connectivity index (χ3n) is 6.07. The van der Waals surface area contributed by atoms with E-state index in [1.165, 1.54) is 11.8 Å². The zero-order chi connectivity index (χ0) is 25.9. The molecule has 190 valence electrons. The van der Waals surface area contributed by atoms with Crippen molar-refractivity contribution in [2.45, 2.75) is 66.2 Å². The summed E-state index contributed by atoms with van der Waals surface area (Å²) < 4.78 is 0. The van der Waals surface area contributed by atoms with Gasteiger partial charge in [0.15, 0.2) is 0 Å². The van der Waals surface area contributed by atoms with Gasteiger partial charge in [-0.15, -0.1) is 11.3 Å². The summed E-state index contributed by atoms with van der Waals surface area (Å²) in [5, 5.41) is 14.7. The van der Waals surface area contributed by atoms with E-state index >= 15 is 0 Å². The molecule has 10 heteroatoms. The summed E-state index contributed by atoms with van der Waals surface area (Å²) in [7, 11) is 0. The number of amides is 3. The van der Waals surface area contributed by atoms with Crippen LogP contribution in [-0.4, -0.2) is 64.0 Å². The van der Waals surface area contributed by atoms with Crippen LogP contribution in [0.1, 0.15) is 46.7 Å². The number of carbonyl (C=O) groups is 3. The average molecular weight is 502 g/mol. The number of aryl methyl sites for hydroxylation is 1. The number of hydrazine groups is 1. The maximum atomic E-state index is 13.4. The predicted octanol–water partition coefficient (Wildman–Crippen LogP) is 2.49. The lowest BCUT2D eigenvalue weighted by atomic mass is 9.85. The number of hydrogen-bond donors (Lipinski definition) is 3. The van der Waals surface area contributed by atoms with E-state index in [2.05, 4.69) is 15.7 Å². The summed E-state index contributed by atoms with van der Waals surface area (Å²) in [6, 6.07) is 6.17. The summed E-state index contributed by atoms with van der Waals surface area (Å²) in [5.74, 6) is -1.08. The second-order valence-electron chi connectivity index (χ2n) is 9.93. The van der Waals surface area contributed by atoms with Crippen LogP contribution in [0.2, 0.25) is 0 Å². The zero-order valence-electron chi connectivity index (χ0n) is 21.2. The first-order chi connectivity index (χ1) is 16.4. The second kappa shape index (κ2) is 10.7. The first-order valence-corrected chi connectivity index (χ1v) is 12.6. The van der Waals surface area contributed by atoms with Crippen LogP contribution in [-0.2, 0) is 14.4 Å². The molecule has 9 nitrogen and oxygen atoms in total. The van der Waals surface area contributed by atoms with Gasteiger partial charge in [0.25, 0.3) is 5.91 Å². The van der Waals surface area contributed by atoms with Crippen molar-refractivity contribution in [2.24, 2.45) is 5.41 Å². The molecule has 3 N–H and O–H groups in total. The van der Waals surface area contributed by atoms with Crippen molar-refractivity contribution in [3.05, 3.63) is 35.5 Å². The molecule has 1 saturated heterocycles. The Bertz CT molecular complexity index is 1060. The zero-order valence-corrected chi connectivity index (χ0v) is 22.0. The fourth-order valence-corrected chi connectivity index (χ4v) is 5.04. The Labute approximate surface area is 210 Å². The molecule has 2 aromatic rings. The Morgan fingerprint density at radius 1 is 1.26 bits per heavy atom.